The molecular weight excluding hydrogens is 837 g/mol. The first-order chi connectivity index (χ1) is 34.2. The highest BCUT2D eigenvalue weighted by Crippen LogP contribution is 2.42. The molecule has 0 atom stereocenters. The third kappa shape index (κ3) is 7.25. The van der Waals surface area contributed by atoms with Gasteiger partial charge in [0.1, 0.15) is 11.2 Å². The quantitative estimate of drug-likeness (QED) is 0.144. The standard InChI is InChI=1S/C66H44N2O/c1-2-15-45(16-3-1)48-17-12-18-49(41-48)51-20-14-21-55(43-51)67(53-36-31-46(32-37-53)50-19-13-22-56(42-50)68-63-28-9-6-25-59(63)60-26-7-10-29-64(60)68)54-38-33-47(34-39-54)57-23-4-5-24-58(57)52-35-40-62-61-27-8-11-30-65(61)69-66(62)44-52/h1-44H. The lowest BCUT2D eigenvalue weighted by Crippen LogP contribution is -2.10. The number of rotatable bonds is 9. The molecule has 0 fully saturated rings. The van der Waals surface area contributed by atoms with E-state index in [1.165, 1.54) is 44.1 Å². The van der Waals surface area contributed by atoms with E-state index in [2.05, 4.69) is 264 Å². The van der Waals surface area contributed by atoms with Crippen LogP contribution in [-0.4, -0.2) is 4.57 Å². The number of furan rings is 1. The van der Waals surface area contributed by atoms with Gasteiger partial charge in [0, 0.05) is 44.3 Å². The van der Waals surface area contributed by atoms with Crippen molar-refractivity contribution in [3.63, 3.8) is 0 Å². The van der Waals surface area contributed by atoms with Crippen LogP contribution in [0.5, 0.6) is 0 Å². The molecule has 2 aromatic heterocycles. The largest absolute Gasteiger partial charge is 0.456 e. The third-order valence-electron chi connectivity index (χ3n) is 13.6. The van der Waals surface area contributed by atoms with Crippen LogP contribution in [0.15, 0.2) is 271 Å². The second kappa shape index (κ2) is 16.9. The van der Waals surface area contributed by atoms with Crippen molar-refractivity contribution < 1.29 is 4.42 Å². The molecule has 0 saturated carbocycles. The van der Waals surface area contributed by atoms with Crippen LogP contribution in [0.3, 0.4) is 0 Å². The molecule has 3 heteroatoms. The lowest BCUT2D eigenvalue weighted by molar-refractivity contribution is 0.669. The molecule has 13 rings (SSSR count). The van der Waals surface area contributed by atoms with E-state index in [9.17, 15) is 0 Å². The van der Waals surface area contributed by atoms with E-state index in [4.69, 9.17) is 4.42 Å². The van der Waals surface area contributed by atoms with Gasteiger partial charge in [-0.3, -0.25) is 0 Å². The summed E-state index contributed by atoms with van der Waals surface area (Å²) in [5, 5.41) is 4.78. The second-order valence-electron chi connectivity index (χ2n) is 17.7. The van der Waals surface area contributed by atoms with Gasteiger partial charge < -0.3 is 13.9 Å². The SMILES string of the molecule is c1ccc(-c2cccc(-c3cccc(N(c4ccc(-c5cccc(-n6c7ccccc7c7ccccc76)c5)cc4)c4ccc(-c5ccccc5-c5ccc6c(c5)oc5ccccc56)cc4)c3)c2)cc1. The zero-order chi connectivity index (χ0) is 45.7. The Morgan fingerprint density at radius 1 is 0.261 bits per heavy atom. The summed E-state index contributed by atoms with van der Waals surface area (Å²) >= 11 is 0. The number of para-hydroxylation sites is 3. The van der Waals surface area contributed by atoms with Gasteiger partial charge in [0.15, 0.2) is 0 Å². The van der Waals surface area contributed by atoms with E-state index >= 15 is 0 Å². The molecule has 0 bridgehead atoms. The summed E-state index contributed by atoms with van der Waals surface area (Å²) in [7, 11) is 0. The van der Waals surface area contributed by atoms with Crippen molar-refractivity contribution in [2.24, 2.45) is 0 Å². The van der Waals surface area contributed by atoms with Gasteiger partial charge in [0.25, 0.3) is 0 Å². The van der Waals surface area contributed by atoms with Gasteiger partial charge in [-0.25, -0.2) is 0 Å². The number of fused-ring (bicyclic) bond motifs is 6. The summed E-state index contributed by atoms with van der Waals surface area (Å²) in [6.07, 6.45) is 0. The molecule has 3 nitrogen and oxygen atoms in total. The van der Waals surface area contributed by atoms with Crippen LogP contribution in [0.25, 0.3) is 105 Å². The number of hydrogen-bond donors (Lipinski definition) is 0. The fourth-order valence-electron chi connectivity index (χ4n) is 10.3. The number of anilines is 3. The van der Waals surface area contributed by atoms with Gasteiger partial charge in [-0.1, -0.05) is 182 Å². The summed E-state index contributed by atoms with van der Waals surface area (Å²) < 4.78 is 8.71. The van der Waals surface area contributed by atoms with Crippen molar-refractivity contribution in [3.05, 3.63) is 267 Å². The Labute approximate surface area is 401 Å². The van der Waals surface area contributed by atoms with E-state index in [0.29, 0.717) is 0 Å². The molecule has 0 amide bonds. The van der Waals surface area contributed by atoms with Crippen LogP contribution in [0.2, 0.25) is 0 Å². The number of aromatic nitrogens is 1. The van der Waals surface area contributed by atoms with E-state index in [0.717, 1.165) is 78.1 Å². The predicted molar refractivity (Wildman–Crippen MR) is 290 cm³/mol. The number of hydrogen-bond acceptors (Lipinski definition) is 2. The molecule has 0 aliphatic rings. The highest BCUT2D eigenvalue weighted by atomic mass is 16.3. The van der Waals surface area contributed by atoms with E-state index in [1.54, 1.807) is 0 Å². The minimum absolute atomic E-state index is 0.894. The molecular formula is C66H44N2O. The summed E-state index contributed by atoms with van der Waals surface area (Å²) in [6, 6.07) is 96.1. The van der Waals surface area contributed by atoms with Crippen LogP contribution in [0.4, 0.5) is 17.1 Å². The molecule has 69 heavy (non-hydrogen) atoms. The summed E-state index contributed by atoms with van der Waals surface area (Å²) in [5.74, 6) is 0. The Bertz CT molecular complexity index is 3960. The first kappa shape index (κ1) is 40.1. The van der Waals surface area contributed by atoms with Gasteiger partial charge >= 0.3 is 0 Å². The highest BCUT2D eigenvalue weighted by Gasteiger charge is 2.18. The average Bonchev–Trinajstić information content (AvgIpc) is 3.97. The van der Waals surface area contributed by atoms with Crippen LogP contribution < -0.4 is 4.90 Å². The van der Waals surface area contributed by atoms with E-state index in [1.807, 2.05) is 12.1 Å². The van der Waals surface area contributed by atoms with E-state index in [-0.39, 0.29) is 0 Å². The van der Waals surface area contributed by atoms with E-state index < -0.39 is 0 Å². The first-order valence-electron chi connectivity index (χ1n) is 23.6. The first-order valence-corrected chi connectivity index (χ1v) is 23.6. The maximum Gasteiger partial charge on any atom is 0.136 e. The maximum atomic E-state index is 6.32. The van der Waals surface area contributed by atoms with Gasteiger partial charge in [-0.05, 0) is 141 Å². The Hall–Kier alpha value is -9.18. The molecule has 0 aliphatic heterocycles. The Kier molecular flexibility index (Phi) is 9.84. The Morgan fingerprint density at radius 3 is 1.45 bits per heavy atom. The fourth-order valence-corrected chi connectivity index (χ4v) is 10.3. The minimum atomic E-state index is 0.894. The van der Waals surface area contributed by atoms with Crippen molar-refractivity contribution in [2.75, 3.05) is 4.90 Å². The Balaban J connectivity index is 0.884. The Morgan fingerprint density at radius 2 is 0.739 bits per heavy atom. The molecule has 13 aromatic rings. The van der Waals surface area contributed by atoms with Crippen molar-refractivity contribution in [2.45, 2.75) is 0 Å². The van der Waals surface area contributed by atoms with Gasteiger partial charge in [0.05, 0.1) is 11.0 Å². The van der Waals surface area contributed by atoms with Crippen molar-refractivity contribution in [1.82, 2.24) is 4.57 Å². The molecule has 2 heterocycles. The molecule has 0 N–H and O–H groups in total. The number of nitrogens with zero attached hydrogens (tertiary/aromatic N) is 2. The van der Waals surface area contributed by atoms with Crippen molar-refractivity contribution >= 4 is 60.8 Å². The molecule has 0 saturated heterocycles. The predicted octanol–water partition coefficient (Wildman–Crippen LogP) is 18.5. The molecule has 11 aromatic carbocycles. The van der Waals surface area contributed by atoms with Gasteiger partial charge in [-0.2, -0.15) is 0 Å². The lowest BCUT2D eigenvalue weighted by Gasteiger charge is -2.26. The third-order valence-corrected chi connectivity index (χ3v) is 13.6. The minimum Gasteiger partial charge on any atom is -0.456 e. The molecule has 0 aliphatic carbocycles. The summed E-state index contributed by atoms with van der Waals surface area (Å²) in [6.45, 7) is 0. The van der Waals surface area contributed by atoms with Crippen LogP contribution in [-0.2, 0) is 0 Å². The van der Waals surface area contributed by atoms with Crippen LogP contribution in [0, 0.1) is 0 Å². The number of benzene rings is 11. The van der Waals surface area contributed by atoms with Crippen molar-refractivity contribution in [3.8, 4) is 61.3 Å². The van der Waals surface area contributed by atoms with Crippen LogP contribution in [0.1, 0.15) is 0 Å². The normalized spacial score (nSPS) is 11.5. The molecule has 0 radical (unpaired) electrons. The fraction of sp³-hybridized carbons (Fsp3) is 0. The summed E-state index contributed by atoms with van der Waals surface area (Å²) in [4.78, 5) is 2.37. The topological polar surface area (TPSA) is 21.3 Å². The molecule has 0 spiro atoms. The second-order valence-corrected chi connectivity index (χ2v) is 17.7. The monoisotopic (exact) mass is 880 g/mol. The smallest absolute Gasteiger partial charge is 0.136 e. The van der Waals surface area contributed by atoms with Gasteiger partial charge in [0.2, 0.25) is 0 Å². The molecule has 0 unspecified atom stereocenters. The zero-order valence-electron chi connectivity index (χ0n) is 37.7. The molecule has 324 valence electrons. The average molecular weight is 881 g/mol. The lowest BCUT2D eigenvalue weighted by atomic mass is 9.94. The summed E-state index contributed by atoms with van der Waals surface area (Å²) in [5.41, 5.74) is 20.2. The van der Waals surface area contributed by atoms with Gasteiger partial charge in [-0.15, -0.1) is 0 Å². The zero-order valence-corrected chi connectivity index (χ0v) is 37.7. The van der Waals surface area contributed by atoms with Crippen LogP contribution >= 0.6 is 0 Å². The highest BCUT2D eigenvalue weighted by molar-refractivity contribution is 6.09. The maximum absolute atomic E-state index is 6.32. The van der Waals surface area contributed by atoms with Crippen molar-refractivity contribution in [1.29, 1.82) is 0 Å².